The normalized spacial score (nSPS) is 14.5. The number of carbonyl (C=O) groups is 2. The number of aromatic hydroxyl groups is 2. The number of allylic oxidation sites excluding steroid dienone is 1. The summed E-state index contributed by atoms with van der Waals surface area (Å²) in [6, 6.07) is 2.41. The van der Waals surface area contributed by atoms with Crippen molar-refractivity contribution in [2.24, 2.45) is 0 Å². The Morgan fingerprint density at radius 1 is 1.06 bits per heavy atom. The van der Waals surface area contributed by atoms with Crippen molar-refractivity contribution < 1.29 is 24.5 Å². The number of hydrogen-bond acceptors (Lipinski definition) is 5. The summed E-state index contributed by atoms with van der Waals surface area (Å²) in [7, 11) is 0. The van der Waals surface area contributed by atoms with Crippen LogP contribution in [0.2, 0.25) is 0 Å². The average molecular weight is 248 g/mol. The van der Waals surface area contributed by atoms with Gasteiger partial charge in [0.05, 0.1) is 17.2 Å². The standard InChI is InChI=1S/C13H12O5/c1-6(2)18-10-5-9(16)13(17)12-8(15)4-3-7(14)11(10)12/h3-6,14-15H,1-2H3. The highest BCUT2D eigenvalue weighted by atomic mass is 16.5. The van der Waals surface area contributed by atoms with Crippen molar-refractivity contribution in [2.75, 3.05) is 0 Å². The number of benzene rings is 1. The Kier molecular flexibility index (Phi) is 2.82. The molecule has 0 saturated carbocycles. The maximum Gasteiger partial charge on any atom is 0.237 e. The van der Waals surface area contributed by atoms with E-state index in [9.17, 15) is 19.8 Å². The number of ether oxygens (including phenoxy) is 1. The predicted octanol–water partition coefficient (Wildman–Crippen LogP) is 1.63. The van der Waals surface area contributed by atoms with E-state index in [0.717, 1.165) is 12.1 Å². The molecule has 1 aliphatic carbocycles. The molecular formula is C13H12O5. The largest absolute Gasteiger partial charge is 0.507 e. The topological polar surface area (TPSA) is 83.8 Å². The first-order chi connectivity index (χ1) is 8.41. The third-order valence-corrected chi connectivity index (χ3v) is 2.48. The molecule has 0 aliphatic heterocycles. The van der Waals surface area contributed by atoms with Gasteiger partial charge in [0.25, 0.3) is 0 Å². The summed E-state index contributed by atoms with van der Waals surface area (Å²) in [5.74, 6) is -2.10. The Labute approximate surface area is 103 Å². The van der Waals surface area contributed by atoms with Gasteiger partial charge >= 0.3 is 0 Å². The first kappa shape index (κ1) is 12.2. The lowest BCUT2D eigenvalue weighted by Gasteiger charge is -2.20. The fraction of sp³-hybridized carbons (Fsp3) is 0.231. The molecule has 1 aliphatic rings. The molecule has 5 heteroatoms. The summed E-state index contributed by atoms with van der Waals surface area (Å²) >= 11 is 0. The molecule has 0 aromatic heterocycles. The fourth-order valence-electron chi connectivity index (χ4n) is 1.79. The molecule has 0 unspecified atom stereocenters. The van der Waals surface area contributed by atoms with E-state index in [1.54, 1.807) is 13.8 Å². The Morgan fingerprint density at radius 2 is 1.61 bits per heavy atom. The van der Waals surface area contributed by atoms with E-state index in [4.69, 9.17) is 4.74 Å². The van der Waals surface area contributed by atoms with Crippen molar-refractivity contribution in [1.82, 2.24) is 0 Å². The summed E-state index contributed by atoms with van der Waals surface area (Å²) in [4.78, 5) is 23.2. The second kappa shape index (κ2) is 4.18. The van der Waals surface area contributed by atoms with Gasteiger partial charge in [0.1, 0.15) is 17.3 Å². The number of phenols is 2. The number of hydrogen-bond donors (Lipinski definition) is 2. The van der Waals surface area contributed by atoms with E-state index in [1.807, 2.05) is 0 Å². The van der Waals surface area contributed by atoms with Crippen molar-refractivity contribution >= 4 is 17.3 Å². The van der Waals surface area contributed by atoms with Crippen LogP contribution in [0.4, 0.5) is 0 Å². The van der Waals surface area contributed by atoms with E-state index in [2.05, 4.69) is 0 Å². The first-order valence-corrected chi connectivity index (χ1v) is 5.44. The van der Waals surface area contributed by atoms with E-state index in [1.165, 1.54) is 6.07 Å². The summed E-state index contributed by atoms with van der Waals surface area (Å²) in [6.07, 6.45) is 0.802. The zero-order chi connectivity index (χ0) is 13.4. The second-order valence-corrected chi connectivity index (χ2v) is 4.22. The molecule has 1 aromatic carbocycles. The lowest BCUT2D eigenvalue weighted by atomic mass is 9.92. The van der Waals surface area contributed by atoms with Crippen LogP contribution in [0, 0.1) is 0 Å². The lowest BCUT2D eigenvalue weighted by molar-refractivity contribution is -0.111. The molecule has 0 bridgehead atoms. The highest BCUT2D eigenvalue weighted by Gasteiger charge is 2.32. The van der Waals surface area contributed by atoms with Gasteiger partial charge in [0, 0.05) is 6.08 Å². The van der Waals surface area contributed by atoms with Crippen molar-refractivity contribution in [3.8, 4) is 11.5 Å². The minimum absolute atomic E-state index is 0.0632. The van der Waals surface area contributed by atoms with E-state index >= 15 is 0 Å². The molecule has 0 radical (unpaired) electrons. The Balaban J connectivity index is 2.68. The molecule has 2 rings (SSSR count). The van der Waals surface area contributed by atoms with Crippen LogP contribution < -0.4 is 0 Å². The third kappa shape index (κ3) is 1.84. The monoisotopic (exact) mass is 248 g/mol. The fourth-order valence-corrected chi connectivity index (χ4v) is 1.79. The molecule has 5 nitrogen and oxygen atoms in total. The molecule has 0 saturated heterocycles. The summed E-state index contributed by atoms with van der Waals surface area (Å²) in [5.41, 5.74) is -0.147. The highest BCUT2D eigenvalue weighted by molar-refractivity contribution is 6.51. The molecule has 0 fully saturated rings. The van der Waals surface area contributed by atoms with Crippen LogP contribution in [0.15, 0.2) is 18.2 Å². The van der Waals surface area contributed by atoms with Crippen LogP contribution in [0.5, 0.6) is 11.5 Å². The number of phenolic OH excluding ortho intramolecular Hbond substituents is 2. The van der Waals surface area contributed by atoms with Gasteiger partial charge in [-0.25, -0.2) is 0 Å². The zero-order valence-corrected chi connectivity index (χ0v) is 9.93. The van der Waals surface area contributed by atoms with Gasteiger partial charge in [-0.05, 0) is 26.0 Å². The number of rotatable bonds is 2. The Bertz CT molecular complexity index is 569. The van der Waals surface area contributed by atoms with Gasteiger partial charge < -0.3 is 14.9 Å². The van der Waals surface area contributed by atoms with Gasteiger partial charge in [-0.1, -0.05) is 0 Å². The molecule has 0 atom stereocenters. The van der Waals surface area contributed by atoms with Gasteiger partial charge in [-0.2, -0.15) is 0 Å². The van der Waals surface area contributed by atoms with E-state index < -0.39 is 11.6 Å². The van der Waals surface area contributed by atoms with Crippen molar-refractivity contribution in [2.45, 2.75) is 20.0 Å². The second-order valence-electron chi connectivity index (χ2n) is 4.22. The first-order valence-electron chi connectivity index (χ1n) is 5.44. The quantitative estimate of drug-likeness (QED) is 0.613. The van der Waals surface area contributed by atoms with E-state index in [0.29, 0.717) is 0 Å². The summed E-state index contributed by atoms with van der Waals surface area (Å²) in [5, 5.41) is 19.4. The average Bonchev–Trinajstić information content (AvgIpc) is 2.28. The van der Waals surface area contributed by atoms with E-state index in [-0.39, 0.29) is 34.5 Å². The van der Waals surface area contributed by atoms with Crippen LogP contribution in [-0.4, -0.2) is 27.9 Å². The molecule has 2 N–H and O–H groups in total. The van der Waals surface area contributed by atoms with Crippen LogP contribution in [0.25, 0.3) is 5.76 Å². The Morgan fingerprint density at radius 3 is 2.17 bits per heavy atom. The number of Topliss-reactive ketones (excluding diaryl/α,β-unsaturated/α-hetero) is 1. The maximum atomic E-state index is 11.7. The lowest BCUT2D eigenvalue weighted by Crippen LogP contribution is -2.20. The molecule has 1 aromatic rings. The number of carbonyl (C=O) groups excluding carboxylic acids is 2. The van der Waals surface area contributed by atoms with Crippen LogP contribution in [-0.2, 0) is 9.53 Å². The Hall–Kier alpha value is -2.30. The number of fused-ring (bicyclic) bond motifs is 1. The van der Waals surface area contributed by atoms with Gasteiger partial charge in [0.15, 0.2) is 0 Å². The molecule has 0 amide bonds. The molecule has 94 valence electrons. The van der Waals surface area contributed by atoms with Crippen LogP contribution in [0.1, 0.15) is 29.8 Å². The summed E-state index contributed by atoms with van der Waals surface area (Å²) < 4.78 is 5.39. The zero-order valence-electron chi connectivity index (χ0n) is 9.93. The van der Waals surface area contributed by atoms with Gasteiger partial charge in [-0.15, -0.1) is 0 Å². The predicted molar refractivity (Wildman–Crippen MR) is 63.3 cm³/mol. The van der Waals surface area contributed by atoms with Gasteiger partial charge in [0.2, 0.25) is 11.6 Å². The molecule has 0 spiro atoms. The molecule has 0 heterocycles. The molecule has 18 heavy (non-hydrogen) atoms. The van der Waals surface area contributed by atoms with Crippen molar-refractivity contribution in [3.63, 3.8) is 0 Å². The maximum absolute atomic E-state index is 11.7. The van der Waals surface area contributed by atoms with Crippen molar-refractivity contribution in [3.05, 3.63) is 29.3 Å². The van der Waals surface area contributed by atoms with Crippen LogP contribution in [0.3, 0.4) is 0 Å². The SMILES string of the molecule is CC(C)OC1=CC(=O)C(=O)c2c(O)ccc(O)c21. The smallest absolute Gasteiger partial charge is 0.237 e. The van der Waals surface area contributed by atoms with Crippen molar-refractivity contribution in [1.29, 1.82) is 0 Å². The minimum atomic E-state index is -0.852. The highest BCUT2D eigenvalue weighted by Crippen LogP contribution is 2.38. The third-order valence-electron chi connectivity index (χ3n) is 2.48. The minimum Gasteiger partial charge on any atom is -0.507 e. The number of ketones is 2. The van der Waals surface area contributed by atoms with Crippen LogP contribution >= 0.6 is 0 Å². The molecular weight excluding hydrogens is 236 g/mol. The van der Waals surface area contributed by atoms with Gasteiger partial charge in [-0.3, -0.25) is 9.59 Å². The summed E-state index contributed by atoms with van der Waals surface area (Å²) in [6.45, 7) is 3.50.